The third-order valence-electron chi connectivity index (χ3n) is 2.38. The highest BCUT2D eigenvalue weighted by Crippen LogP contribution is 2.24. The molecule has 4 heteroatoms. The van der Waals surface area contributed by atoms with Gasteiger partial charge in [-0.15, -0.1) is 0 Å². The molecular weight excluding hydrogens is 259 g/mol. The van der Waals surface area contributed by atoms with Gasteiger partial charge in [-0.25, -0.2) is 4.39 Å². The molecule has 0 saturated carbocycles. The molecule has 0 atom stereocenters. The molecule has 0 aliphatic heterocycles. The summed E-state index contributed by atoms with van der Waals surface area (Å²) in [6.07, 6.45) is 0. The highest BCUT2D eigenvalue weighted by Gasteiger charge is 2.12. The molecule has 0 N–H and O–H groups in total. The molecule has 15 heavy (non-hydrogen) atoms. The average Bonchev–Trinajstić information content (AvgIpc) is 2.55. The van der Waals surface area contributed by atoms with Gasteiger partial charge in [0.15, 0.2) is 0 Å². The molecule has 2 rings (SSSR count). The van der Waals surface area contributed by atoms with Crippen LogP contribution < -0.4 is 0 Å². The summed E-state index contributed by atoms with van der Waals surface area (Å²) in [5, 5.41) is 6.14. The van der Waals surface area contributed by atoms with E-state index in [2.05, 4.69) is 34.9 Å². The maximum atomic E-state index is 13.0. The number of fused-ring (bicyclic) bond motifs is 1. The lowest BCUT2D eigenvalue weighted by molar-refractivity contribution is 0.523. The lowest BCUT2D eigenvalue weighted by Crippen LogP contribution is -2.05. The molecular formula is C11H12BrFN2. The summed E-state index contributed by atoms with van der Waals surface area (Å²) in [4.78, 5) is 0. The van der Waals surface area contributed by atoms with Gasteiger partial charge >= 0.3 is 0 Å². The summed E-state index contributed by atoms with van der Waals surface area (Å²) < 4.78 is 15.0. The summed E-state index contributed by atoms with van der Waals surface area (Å²) in [5.74, 6) is -0.239. The van der Waals surface area contributed by atoms with Gasteiger partial charge in [-0.05, 0) is 26.0 Å². The Bertz CT molecular complexity index is 491. The van der Waals surface area contributed by atoms with Crippen LogP contribution in [-0.2, 0) is 5.33 Å². The van der Waals surface area contributed by atoms with Crippen LogP contribution in [0.2, 0.25) is 0 Å². The van der Waals surface area contributed by atoms with Crippen LogP contribution in [0.25, 0.3) is 10.9 Å². The zero-order valence-electron chi connectivity index (χ0n) is 8.67. The lowest BCUT2D eigenvalue weighted by atomic mass is 10.2. The van der Waals surface area contributed by atoms with Crippen molar-refractivity contribution in [2.24, 2.45) is 0 Å². The average molecular weight is 271 g/mol. The monoisotopic (exact) mass is 270 g/mol. The number of benzene rings is 1. The van der Waals surface area contributed by atoms with Crippen molar-refractivity contribution in [3.63, 3.8) is 0 Å². The number of rotatable bonds is 2. The van der Waals surface area contributed by atoms with Crippen molar-refractivity contribution in [3.8, 4) is 0 Å². The van der Waals surface area contributed by atoms with Crippen LogP contribution in [0.5, 0.6) is 0 Å². The second-order valence-electron chi connectivity index (χ2n) is 3.78. The Labute approximate surface area is 96.2 Å². The third kappa shape index (κ3) is 1.78. The molecule has 2 aromatic rings. The quantitative estimate of drug-likeness (QED) is 0.762. The molecule has 0 aliphatic rings. The Morgan fingerprint density at radius 2 is 2.20 bits per heavy atom. The molecule has 1 heterocycles. The standard InChI is InChI=1S/C11H12BrFN2/c1-7(2)15-11(6-12)9-4-3-8(13)5-10(9)14-15/h3-5,7H,6H2,1-2H3. The smallest absolute Gasteiger partial charge is 0.125 e. The Morgan fingerprint density at radius 3 is 2.80 bits per heavy atom. The van der Waals surface area contributed by atoms with Gasteiger partial charge in [-0.3, -0.25) is 4.68 Å². The van der Waals surface area contributed by atoms with Crippen molar-refractivity contribution >= 4 is 26.8 Å². The minimum absolute atomic E-state index is 0.239. The van der Waals surface area contributed by atoms with Crippen LogP contribution in [0.3, 0.4) is 0 Å². The molecule has 1 aromatic carbocycles. The van der Waals surface area contributed by atoms with E-state index in [-0.39, 0.29) is 11.9 Å². The summed E-state index contributed by atoms with van der Waals surface area (Å²) in [6.45, 7) is 4.13. The minimum atomic E-state index is -0.239. The second-order valence-corrected chi connectivity index (χ2v) is 4.34. The van der Waals surface area contributed by atoms with E-state index in [1.165, 1.54) is 12.1 Å². The summed E-state index contributed by atoms with van der Waals surface area (Å²) in [5.41, 5.74) is 1.82. The molecule has 0 saturated heterocycles. The zero-order chi connectivity index (χ0) is 11.0. The number of nitrogens with zero attached hydrogens (tertiary/aromatic N) is 2. The second kappa shape index (κ2) is 3.93. The van der Waals surface area contributed by atoms with E-state index >= 15 is 0 Å². The normalized spacial score (nSPS) is 11.5. The Kier molecular flexibility index (Phi) is 2.78. The number of hydrogen-bond acceptors (Lipinski definition) is 1. The first-order chi connectivity index (χ1) is 7.13. The highest BCUT2D eigenvalue weighted by molar-refractivity contribution is 9.08. The van der Waals surface area contributed by atoms with Crippen LogP contribution in [0.1, 0.15) is 25.6 Å². The maximum Gasteiger partial charge on any atom is 0.125 e. The molecule has 0 spiro atoms. The molecule has 0 fully saturated rings. The first kappa shape index (κ1) is 10.6. The fourth-order valence-electron chi connectivity index (χ4n) is 1.69. The predicted molar refractivity (Wildman–Crippen MR) is 62.7 cm³/mol. The van der Waals surface area contributed by atoms with E-state index in [4.69, 9.17) is 0 Å². The number of hydrogen-bond donors (Lipinski definition) is 0. The fourth-order valence-corrected chi connectivity index (χ4v) is 2.25. The van der Waals surface area contributed by atoms with Crippen molar-refractivity contribution < 1.29 is 4.39 Å². The molecule has 1 aromatic heterocycles. The first-order valence-electron chi connectivity index (χ1n) is 4.86. The van der Waals surface area contributed by atoms with Gasteiger partial charge in [0, 0.05) is 22.8 Å². The van der Waals surface area contributed by atoms with Crippen molar-refractivity contribution in [3.05, 3.63) is 29.7 Å². The van der Waals surface area contributed by atoms with Crippen LogP contribution in [0, 0.1) is 5.82 Å². The largest absolute Gasteiger partial charge is 0.265 e. The van der Waals surface area contributed by atoms with Crippen molar-refractivity contribution in [1.82, 2.24) is 9.78 Å². The van der Waals surface area contributed by atoms with Gasteiger partial charge in [0.1, 0.15) is 5.82 Å². The van der Waals surface area contributed by atoms with Gasteiger partial charge in [0.2, 0.25) is 0 Å². The van der Waals surface area contributed by atoms with Gasteiger partial charge in [0.05, 0.1) is 11.2 Å². The third-order valence-corrected chi connectivity index (χ3v) is 2.91. The van der Waals surface area contributed by atoms with Crippen LogP contribution in [0.4, 0.5) is 4.39 Å². The highest BCUT2D eigenvalue weighted by atomic mass is 79.9. The van der Waals surface area contributed by atoms with Crippen molar-refractivity contribution in [2.45, 2.75) is 25.2 Å². The molecule has 0 aliphatic carbocycles. The number of halogens is 2. The van der Waals surface area contributed by atoms with E-state index in [0.29, 0.717) is 0 Å². The predicted octanol–water partition coefficient (Wildman–Crippen LogP) is 3.65. The lowest BCUT2D eigenvalue weighted by Gasteiger charge is -2.08. The van der Waals surface area contributed by atoms with Crippen molar-refractivity contribution in [2.75, 3.05) is 0 Å². The van der Waals surface area contributed by atoms with Gasteiger partial charge in [-0.1, -0.05) is 15.9 Å². The van der Waals surface area contributed by atoms with E-state index in [1.807, 2.05) is 4.68 Å². The van der Waals surface area contributed by atoms with E-state index in [0.717, 1.165) is 21.9 Å². The summed E-state index contributed by atoms with van der Waals surface area (Å²) in [7, 11) is 0. The maximum absolute atomic E-state index is 13.0. The van der Waals surface area contributed by atoms with Crippen LogP contribution >= 0.6 is 15.9 Å². The molecule has 0 amide bonds. The van der Waals surface area contributed by atoms with E-state index in [1.54, 1.807) is 6.07 Å². The van der Waals surface area contributed by atoms with Gasteiger partial charge in [-0.2, -0.15) is 5.10 Å². The Hall–Kier alpha value is -0.900. The SMILES string of the molecule is CC(C)n1nc2cc(F)ccc2c1CBr. The van der Waals surface area contributed by atoms with Crippen LogP contribution in [-0.4, -0.2) is 9.78 Å². The van der Waals surface area contributed by atoms with E-state index < -0.39 is 0 Å². The van der Waals surface area contributed by atoms with Gasteiger partial charge < -0.3 is 0 Å². The summed E-state index contributed by atoms with van der Waals surface area (Å²) in [6, 6.07) is 5.02. The number of aromatic nitrogens is 2. The molecule has 2 nitrogen and oxygen atoms in total. The minimum Gasteiger partial charge on any atom is -0.265 e. The van der Waals surface area contributed by atoms with Gasteiger partial charge in [0.25, 0.3) is 0 Å². The Balaban J connectivity index is 2.73. The molecule has 80 valence electrons. The van der Waals surface area contributed by atoms with Crippen LogP contribution in [0.15, 0.2) is 18.2 Å². The number of alkyl halides is 1. The zero-order valence-corrected chi connectivity index (χ0v) is 10.3. The summed E-state index contributed by atoms with van der Waals surface area (Å²) >= 11 is 3.44. The molecule has 0 radical (unpaired) electrons. The molecule has 0 unspecified atom stereocenters. The fraction of sp³-hybridized carbons (Fsp3) is 0.364. The Morgan fingerprint density at radius 1 is 1.47 bits per heavy atom. The first-order valence-corrected chi connectivity index (χ1v) is 5.98. The van der Waals surface area contributed by atoms with E-state index in [9.17, 15) is 4.39 Å². The topological polar surface area (TPSA) is 17.8 Å². The van der Waals surface area contributed by atoms with Crippen molar-refractivity contribution in [1.29, 1.82) is 0 Å². The molecule has 0 bridgehead atoms.